The third-order valence-corrected chi connectivity index (χ3v) is 5.87. The highest BCUT2D eigenvalue weighted by Gasteiger charge is 2.27. The van der Waals surface area contributed by atoms with Crippen molar-refractivity contribution in [2.24, 2.45) is 0 Å². The number of fused-ring (bicyclic) bond motifs is 1. The topological polar surface area (TPSA) is 51.5 Å². The van der Waals surface area contributed by atoms with Crippen LogP contribution >= 0.6 is 22.9 Å². The van der Waals surface area contributed by atoms with Crippen LogP contribution in [0.2, 0.25) is 4.34 Å². The van der Waals surface area contributed by atoms with Crippen molar-refractivity contribution in [3.63, 3.8) is 0 Å². The zero-order valence-corrected chi connectivity index (χ0v) is 15.5. The Morgan fingerprint density at radius 3 is 2.88 bits per heavy atom. The molecule has 1 aliphatic heterocycles. The van der Waals surface area contributed by atoms with Gasteiger partial charge < -0.3 is 14.2 Å². The molecule has 0 aliphatic carbocycles. The van der Waals surface area contributed by atoms with Crippen molar-refractivity contribution >= 4 is 45.0 Å². The average molecular weight is 369 g/mol. The van der Waals surface area contributed by atoms with Gasteiger partial charge in [0.1, 0.15) is 12.2 Å². The fourth-order valence-electron chi connectivity index (χ4n) is 3.44. The lowest BCUT2D eigenvalue weighted by Crippen LogP contribution is -2.45. The first kappa shape index (κ1) is 17.3. The van der Waals surface area contributed by atoms with E-state index in [4.69, 9.17) is 16.3 Å². The van der Waals surface area contributed by atoms with Crippen molar-refractivity contribution in [3.05, 3.63) is 22.2 Å². The second-order valence-corrected chi connectivity index (χ2v) is 7.77. The van der Waals surface area contributed by atoms with Gasteiger partial charge in [-0.05, 0) is 37.8 Å². The van der Waals surface area contributed by atoms with Gasteiger partial charge in [-0.2, -0.15) is 0 Å². The Bertz CT molecular complexity index is 767. The molecule has 1 aliphatic rings. The van der Waals surface area contributed by atoms with Crippen LogP contribution in [0.5, 0.6) is 0 Å². The fraction of sp³-hybridized carbons (Fsp3) is 0.529. The number of amides is 1. The molecule has 0 spiro atoms. The number of piperidine rings is 1. The minimum Gasteiger partial charge on any atom is -0.464 e. The number of carbonyl (C=O) groups excluding carboxylic acids is 2. The van der Waals surface area contributed by atoms with E-state index in [-0.39, 0.29) is 12.5 Å². The number of rotatable bonds is 4. The summed E-state index contributed by atoms with van der Waals surface area (Å²) in [6, 6.07) is 3.85. The first-order valence-electron chi connectivity index (χ1n) is 8.21. The molecule has 1 atom stereocenters. The summed E-state index contributed by atoms with van der Waals surface area (Å²) in [6.07, 6.45) is 4.22. The summed E-state index contributed by atoms with van der Waals surface area (Å²) in [6.45, 7) is 3.04. The molecule has 0 aromatic carbocycles. The number of hydrogen-bond acceptors (Lipinski definition) is 4. The van der Waals surface area contributed by atoms with Crippen molar-refractivity contribution in [1.82, 2.24) is 9.47 Å². The molecule has 0 unspecified atom stereocenters. The molecule has 0 radical (unpaired) electrons. The normalized spacial score (nSPS) is 18.1. The summed E-state index contributed by atoms with van der Waals surface area (Å²) in [7, 11) is 1.35. The van der Waals surface area contributed by atoms with Crippen LogP contribution in [0.1, 0.15) is 43.1 Å². The number of esters is 1. The van der Waals surface area contributed by atoms with E-state index in [0.29, 0.717) is 16.1 Å². The first-order chi connectivity index (χ1) is 11.5. The van der Waals surface area contributed by atoms with Gasteiger partial charge in [-0.1, -0.05) is 18.5 Å². The van der Waals surface area contributed by atoms with E-state index >= 15 is 0 Å². The van der Waals surface area contributed by atoms with Gasteiger partial charge in [0, 0.05) is 12.6 Å². The lowest BCUT2D eigenvalue weighted by atomic mass is 10.00. The van der Waals surface area contributed by atoms with Gasteiger partial charge >= 0.3 is 5.97 Å². The van der Waals surface area contributed by atoms with E-state index in [9.17, 15) is 9.59 Å². The maximum absolute atomic E-state index is 12.9. The Labute approximate surface area is 150 Å². The number of thiophene rings is 1. The summed E-state index contributed by atoms with van der Waals surface area (Å²) in [4.78, 5) is 26.9. The molecular formula is C17H21ClN2O3S. The maximum atomic E-state index is 12.9. The number of methoxy groups -OCH3 is 1. The lowest BCUT2D eigenvalue weighted by Gasteiger charge is -2.35. The van der Waals surface area contributed by atoms with Gasteiger partial charge in [0.05, 0.1) is 21.7 Å². The van der Waals surface area contributed by atoms with Crippen LogP contribution in [0.4, 0.5) is 0 Å². The second-order valence-electron chi connectivity index (χ2n) is 6.05. The lowest BCUT2D eigenvalue weighted by molar-refractivity contribution is -0.135. The van der Waals surface area contributed by atoms with E-state index in [0.717, 1.165) is 36.0 Å². The van der Waals surface area contributed by atoms with Crippen molar-refractivity contribution in [3.8, 4) is 0 Å². The van der Waals surface area contributed by atoms with E-state index in [1.165, 1.54) is 24.9 Å². The number of halogens is 1. The van der Waals surface area contributed by atoms with Crippen LogP contribution in [-0.4, -0.2) is 41.0 Å². The zero-order chi connectivity index (χ0) is 17.3. The fourth-order valence-corrected chi connectivity index (χ4v) is 4.61. The number of carbonyl (C=O) groups is 2. The zero-order valence-electron chi connectivity index (χ0n) is 13.9. The Morgan fingerprint density at radius 2 is 2.17 bits per heavy atom. The Morgan fingerprint density at radius 1 is 1.38 bits per heavy atom. The molecule has 7 heteroatoms. The van der Waals surface area contributed by atoms with Crippen LogP contribution in [0.3, 0.4) is 0 Å². The average Bonchev–Trinajstić information content (AvgIpc) is 3.11. The van der Waals surface area contributed by atoms with Gasteiger partial charge in [-0.25, -0.2) is 4.79 Å². The summed E-state index contributed by atoms with van der Waals surface area (Å²) >= 11 is 7.48. The minimum absolute atomic E-state index is 0.0477. The number of aromatic nitrogens is 1. The van der Waals surface area contributed by atoms with E-state index in [1.807, 2.05) is 4.90 Å². The summed E-state index contributed by atoms with van der Waals surface area (Å²) in [5, 5.41) is 0. The van der Waals surface area contributed by atoms with Crippen LogP contribution in [-0.2, 0) is 16.1 Å². The predicted octanol–water partition coefficient (Wildman–Crippen LogP) is 3.93. The molecule has 2 aromatic heterocycles. The standard InChI is InChI=1S/C17H21ClN2O3S/c1-3-11-6-4-5-7-19(11)16(21)10-20-12-9-15(18)24-14(12)8-13(20)17(22)23-2/h8-9,11H,3-7,10H2,1-2H3/t11-/m0/s1. The van der Waals surface area contributed by atoms with Gasteiger partial charge in [-0.3, -0.25) is 4.79 Å². The molecule has 1 saturated heterocycles. The molecular weight excluding hydrogens is 348 g/mol. The smallest absolute Gasteiger partial charge is 0.354 e. The van der Waals surface area contributed by atoms with Crippen LogP contribution in [0.15, 0.2) is 12.1 Å². The molecule has 5 nitrogen and oxygen atoms in total. The van der Waals surface area contributed by atoms with Gasteiger partial charge in [0.15, 0.2) is 0 Å². The highest BCUT2D eigenvalue weighted by molar-refractivity contribution is 7.22. The Kier molecular flexibility index (Phi) is 5.15. The molecule has 3 rings (SSSR count). The highest BCUT2D eigenvalue weighted by Crippen LogP contribution is 2.32. The molecule has 0 bridgehead atoms. The summed E-state index contributed by atoms with van der Waals surface area (Å²) < 4.78 is 8.12. The molecule has 0 N–H and O–H groups in total. The van der Waals surface area contributed by atoms with Crippen molar-refractivity contribution in [2.75, 3.05) is 13.7 Å². The van der Waals surface area contributed by atoms with E-state index in [1.54, 1.807) is 16.7 Å². The molecule has 1 amide bonds. The first-order valence-corrected chi connectivity index (χ1v) is 9.41. The van der Waals surface area contributed by atoms with Crippen LogP contribution in [0, 0.1) is 0 Å². The SMILES string of the molecule is CC[C@H]1CCCCN1C(=O)Cn1c(C(=O)OC)cc2sc(Cl)cc21. The third-order valence-electron chi connectivity index (χ3n) is 4.67. The monoisotopic (exact) mass is 368 g/mol. The summed E-state index contributed by atoms with van der Waals surface area (Å²) in [5.41, 5.74) is 1.21. The molecule has 1 fully saturated rings. The number of hydrogen-bond donors (Lipinski definition) is 0. The largest absolute Gasteiger partial charge is 0.464 e. The quantitative estimate of drug-likeness (QED) is 0.768. The van der Waals surface area contributed by atoms with Crippen molar-refractivity contribution in [2.45, 2.75) is 45.2 Å². The van der Waals surface area contributed by atoms with Gasteiger partial charge in [-0.15, -0.1) is 11.3 Å². The molecule has 24 heavy (non-hydrogen) atoms. The molecule has 2 aromatic rings. The molecule has 0 saturated carbocycles. The number of likely N-dealkylation sites (tertiary alicyclic amines) is 1. The maximum Gasteiger partial charge on any atom is 0.354 e. The van der Waals surface area contributed by atoms with E-state index in [2.05, 4.69) is 6.92 Å². The number of nitrogens with zero attached hydrogens (tertiary/aromatic N) is 2. The van der Waals surface area contributed by atoms with Gasteiger partial charge in [0.2, 0.25) is 5.91 Å². The number of ether oxygens (including phenoxy) is 1. The second kappa shape index (κ2) is 7.15. The Hall–Kier alpha value is -1.53. The minimum atomic E-state index is -0.437. The van der Waals surface area contributed by atoms with Crippen LogP contribution < -0.4 is 0 Å². The highest BCUT2D eigenvalue weighted by atomic mass is 35.5. The molecule has 130 valence electrons. The van der Waals surface area contributed by atoms with Crippen LogP contribution in [0.25, 0.3) is 10.2 Å². The third kappa shape index (κ3) is 3.17. The summed E-state index contributed by atoms with van der Waals surface area (Å²) in [5.74, 6) is -0.389. The molecule has 3 heterocycles. The van der Waals surface area contributed by atoms with Crippen molar-refractivity contribution < 1.29 is 14.3 Å². The predicted molar refractivity (Wildman–Crippen MR) is 95.8 cm³/mol. The Balaban J connectivity index is 1.92. The van der Waals surface area contributed by atoms with Gasteiger partial charge in [0.25, 0.3) is 0 Å². The van der Waals surface area contributed by atoms with E-state index < -0.39 is 5.97 Å². The van der Waals surface area contributed by atoms with Crippen molar-refractivity contribution in [1.29, 1.82) is 0 Å².